The van der Waals surface area contributed by atoms with Crippen molar-refractivity contribution in [3.8, 4) is 11.3 Å². The standard InChI is InChI=1S/C25H27N5O/c1-16-17(2)28-29-24(16)23(31)13-18-12-20-14-22(27-25(20)26-15-18)19-6-8-21(9-7-19)30-10-4-3-5-11-30/h6-9,12,14-15H,3-5,10-11,13H2,1-2H3,(H,26,27)(H,28,29). The summed E-state index contributed by atoms with van der Waals surface area (Å²) in [5, 5.41) is 8.05. The van der Waals surface area contributed by atoms with E-state index in [4.69, 9.17) is 0 Å². The maximum absolute atomic E-state index is 12.7. The molecule has 1 aromatic carbocycles. The van der Waals surface area contributed by atoms with Crippen LogP contribution in [0.4, 0.5) is 5.69 Å². The number of rotatable bonds is 5. The number of H-pyrrole nitrogens is 2. The number of ketones is 1. The number of aromatic amines is 2. The second-order valence-electron chi connectivity index (χ2n) is 8.48. The van der Waals surface area contributed by atoms with Crippen molar-refractivity contribution < 1.29 is 4.79 Å². The minimum absolute atomic E-state index is 0.00654. The van der Waals surface area contributed by atoms with Gasteiger partial charge in [-0.1, -0.05) is 12.1 Å². The van der Waals surface area contributed by atoms with Gasteiger partial charge in [-0.15, -0.1) is 0 Å². The molecule has 3 aromatic heterocycles. The van der Waals surface area contributed by atoms with Crippen LogP contribution < -0.4 is 4.90 Å². The van der Waals surface area contributed by atoms with Crippen LogP contribution in [0.3, 0.4) is 0 Å². The maximum atomic E-state index is 12.7. The fraction of sp³-hybridized carbons (Fsp3) is 0.320. The van der Waals surface area contributed by atoms with Gasteiger partial charge in [0.2, 0.25) is 0 Å². The Labute approximate surface area is 181 Å². The molecule has 0 spiro atoms. The topological polar surface area (TPSA) is 77.7 Å². The summed E-state index contributed by atoms with van der Waals surface area (Å²) in [6.45, 7) is 6.14. The van der Waals surface area contributed by atoms with Crippen LogP contribution in [0.5, 0.6) is 0 Å². The second kappa shape index (κ2) is 8.02. The molecule has 5 rings (SSSR count). The van der Waals surface area contributed by atoms with Crippen LogP contribution in [-0.4, -0.2) is 39.0 Å². The van der Waals surface area contributed by atoms with Gasteiger partial charge in [-0.25, -0.2) is 4.98 Å². The third-order valence-electron chi connectivity index (χ3n) is 6.31. The molecule has 0 aliphatic carbocycles. The normalized spacial score (nSPS) is 14.3. The van der Waals surface area contributed by atoms with E-state index < -0.39 is 0 Å². The van der Waals surface area contributed by atoms with Crippen molar-refractivity contribution in [1.29, 1.82) is 0 Å². The quantitative estimate of drug-likeness (QED) is 0.452. The van der Waals surface area contributed by atoms with Crippen molar-refractivity contribution in [2.45, 2.75) is 39.5 Å². The SMILES string of the molecule is Cc1[nH]nc(C(=O)Cc2cnc3[nH]c(-c4ccc(N5CCCCC5)cc4)cc3c2)c1C. The van der Waals surface area contributed by atoms with E-state index in [1.54, 1.807) is 6.20 Å². The van der Waals surface area contributed by atoms with Gasteiger partial charge in [0.1, 0.15) is 11.3 Å². The van der Waals surface area contributed by atoms with Crippen LogP contribution in [0.25, 0.3) is 22.3 Å². The summed E-state index contributed by atoms with van der Waals surface area (Å²) in [5.74, 6) is 0.00654. The first-order chi connectivity index (χ1) is 15.1. The van der Waals surface area contributed by atoms with Gasteiger partial charge in [0.05, 0.1) is 0 Å². The van der Waals surface area contributed by atoms with Crippen LogP contribution in [0.2, 0.25) is 0 Å². The number of nitrogens with zero attached hydrogens (tertiary/aromatic N) is 3. The van der Waals surface area contributed by atoms with E-state index in [-0.39, 0.29) is 5.78 Å². The zero-order chi connectivity index (χ0) is 21.4. The minimum atomic E-state index is 0.00654. The van der Waals surface area contributed by atoms with Crippen LogP contribution in [0.1, 0.15) is 46.6 Å². The number of Topliss-reactive ketones (excluding diaryl/α,β-unsaturated/α-hetero) is 1. The highest BCUT2D eigenvalue weighted by Crippen LogP contribution is 2.27. The molecule has 0 radical (unpaired) electrons. The lowest BCUT2D eigenvalue weighted by molar-refractivity contribution is 0.0987. The van der Waals surface area contributed by atoms with Gasteiger partial charge in [0, 0.05) is 53.7 Å². The Morgan fingerprint density at radius 3 is 2.55 bits per heavy atom. The molecule has 31 heavy (non-hydrogen) atoms. The number of hydrogen-bond donors (Lipinski definition) is 2. The van der Waals surface area contributed by atoms with Crippen molar-refractivity contribution in [3.05, 3.63) is 65.1 Å². The van der Waals surface area contributed by atoms with E-state index >= 15 is 0 Å². The fourth-order valence-electron chi connectivity index (χ4n) is 4.34. The summed E-state index contributed by atoms with van der Waals surface area (Å²) in [6.07, 6.45) is 5.96. The van der Waals surface area contributed by atoms with Gasteiger partial charge >= 0.3 is 0 Å². The van der Waals surface area contributed by atoms with E-state index in [2.05, 4.69) is 55.4 Å². The minimum Gasteiger partial charge on any atom is -0.372 e. The highest BCUT2D eigenvalue weighted by Gasteiger charge is 2.16. The summed E-state index contributed by atoms with van der Waals surface area (Å²) in [6, 6.07) is 12.9. The first-order valence-electron chi connectivity index (χ1n) is 11.0. The number of anilines is 1. The Kier molecular flexibility index (Phi) is 5.06. The molecule has 6 nitrogen and oxygen atoms in total. The van der Waals surface area contributed by atoms with E-state index in [0.29, 0.717) is 12.1 Å². The Hall–Kier alpha value is -3.41. The first-order valence-corrected chi connectivity index (χ1v) is 11.0. The molecule has 1 aliphatic heterocycles. The smallest absolute Gasteiger partial charge is 0.187 e. The van der Waals surface area contributed by atoms with Crippen molar-refractivity contribution in [1.82, 2.24) is 20.2 Å². The molecule has 6 heteroatoms. The summed E-state index contributed by atoms with van der Waals surface area (Å²) in [7, 11) is 0. The Balaban J connectivity index is 1.35. The molecule has 2 N–H and O–H groups in total. The molecule has 1 saturated heterocycles. The van der Waals surface area contributed by atoms with Crippen molar-refractivity contribution in [2.24, 2.45) is 0 Å². The monoisotopic (exact) mass is 413 g/mol. The lowest BCUT2D eigenvalue weighted by atomic mass is 10.0. The second-order valence-corrected chi connectivity index (χ2v) is 8.48. The summed E-state index contributed by atoms with van der Waals surface area (Å²) in [5.41, 5.74) is 7.55. The third-order valence-corrected chi connectivity index (χ3v) is 6.31. The summed E-state index contributed by atoms with van der Waals surface area (Å²) in [4.78, 5) is 23.1. The molecule has 4 aromatic rings. The van der Waals surface area contributed by atoms with Crippen molar-refractivity contribution >= 4 is 22.5 Å². The van der Waals surface area contributed by atoms with E-state index in [1.165, 1.54) is 24.9 Å². The predicted molar refractivity (Wildman–Crippen MR) is 124 cm³/mol. The molecule has 1 aliphatic rings. The first kappa shape index (κ1) is 19.5. The van der Waals surface area contributed by atoms with Gasteiger partial charge in [0.25, 0.3) is 0 Å². The lowest BCUT2D eigenvalue weighted by Gasteiger charge is -2.28. The van der Waals surface area contributed by atoms with Crippen LogP contribution in [-0.2, 0) is 6.42 Å². The number of carbonyl (C=O) groups excluding carboxylic acids is 1. The molecular weight excluding hydrogens is 386 g/mol. The lowest BCUT2D eigenvalue weighted by Crippen LogP contribution is -2.29. The van der Waals surface area contributed by atoms with Gasteiger partial charge in [-0.2, -0.15) is 5.10 Å². The van der Waals surface area contributed by atoms with E-state index in [9.17, 15) is 4.79 Å². The number of hydrogen-bond acceptors (Lipinski definition) is 4. The maximum Gasteiger partial charge on any atom is 0.187 e. The van der Waals surface area contributed by atoms with Crippen LogP contribution in [0, 0.1) is 13.8 Å². The third kappa shape index (κ3) is 3.85. The average Bonchev–Trinajstić information content (AvgIpc) is 3.37. The molecular formula is C25H27N5O. The molecule has 1 fully saturated rings. The number of aromatic nitrogens is 4. The highest BCUT2D eigenvalue weighted by molar-refractivity contribution is 5.97. The number of pyridine rings is 1. The van der Waals surface area contributed by atoms with Crippen LogP contribution >= 0.6 is 0 Å². The summed E-state index contributed by atoms with van der Waals surface area (Å²) >= 11 is 0. The van der Waals surface area contributed by atoms with Crippen molar-refractivity contribution in [2.75, 3.05) is 18.0 Å². The average molecular weight is 414 g/mol. The molecule has 0 unspecified atom stereocenters. The van der Waals surface area contributed by atoms with Crippen molar-refractivity contribution in [3.63, 3.8) is 0 Å². The number of carbonyl (C=O) groups is 1. The largest absolute Gasteiger partial charge is 0.372 e. The number of piperidine rings is 1. The Morgan fingerprint density at radius 2 is 1.84 bits per heavy atom. The van der Waals surface area contributed by atoms with E-state index in [0.717, 1.165) is 52.2 Å². The van der Waals surface area contributed by atoms with Crippen LogP contribution in [0.15, 0.2) is 42.6 Å². The summed E-state index contributed by atoms with van der Waals surface area (Å²) < 4.78 is 0. The van der Waals surface area contributed by atoms with Gasteiger partial charge in [-0.05, 0) is 68.5 Å². The van der Waals surface area contributed by atoms with E-state index in [1.807, 2.05) is 19.9 Å². The number of benzene rings is 1. The van der Waals surface area contributed by atoms with Gasteiger partial charge in [-0.3, -0.25) is 9.89 Å². The zero-order valence-corrected chi connectivity index (χ0v) is 18.0. The Bertz CT molecular complexity index is 1230. The molecule has 158 valence electrons. The zero-order valence-electron chi connectivity index (χ0n) is 18.0. The molecule has 0 bridgehead atoms. The Morgan fingerprint density at radius 1 is 1.06 bits per heavy atom. The number of fused-ring (bicyclic) bond motifs is 1. The number of aryl methyl sites for hydroxylation is 1. The highest BCUT2D eigenvalue weighted by atomic mass is 16.1. The molecule has 4 heterocycles. The molecule has 0 amide bonds. The number of nitrogens with one attached hydrogen (secondary N) is 2. The fourth-order valence-corrected chi connectivity index (χ4v) is 4.34. The molecule has 0 atom stereocenters. The predicted octanol–water partition coefficient (Wildman–Crippen LogP) is 4.99. The molecule has 0 saturated carbocycles. The van der Waals surface area contributed by atoms with Gasteiger partial charge < -0.3 is 9.88 Å². The van der Waals surface area contributed by atoms with Gasteiger partial charge in [0.15, 0.2) is 5.78 Å².